The number of carbonyl (C=O) groups is 2. The van der Waals surface area contributed by atoms with E-state index in [1.165, 1.54) is 11.3 Å². The predicted octanol–water partition coefficient (Wildman–Crippen LogP) is 1.47. The molecule has 0 aliphatic carbocycles. The number of amides is 1. The zero-order chi connectivity index (χ0) is 13.0. The average Bonchev–Trinajstić information content (AvgIpc) is 2.99. The Balaban J connectivity index is 2.02. The van der Waals surface area contributed by atoms with E-state index in [0.717, 1.165) is 13.0 Å². The Hall–Kier alpha value is -1.40. The van der Waals surface area contributed by atoms with Gasteiger partial charge in [0.2, 0.25) is 5.91 Å². The van der Waals surface area contributed by atoms with Crippen molar-refractivity contribution in [1.82, 2.24) is 5.32 Å². The molecule has 1 aromatic heterocycles. The van der Waals surface area contributed by atoms with Gasteiger partial charge in [-0.25, -0.2) is 4.79 Å². The molecule has 6 heteroatoms. The van der Waals surface area contributed by atoms with E-state index in [1.807, 2.05) is 0 Å². The molecule has 1 unspecified atom stereocenters. The van der Waals surface area contributed by atoms with Crippen LogP contribution in [0.15, 0.2) is 11.4 Å². The highest BCUT2D eigenvalue weighted by molar-refractivity contribution is 7.14. The summed E-state index contributed by atoms with van der Waals surface area (Å²) < 4.78 is 4.94. The van der Waals surface area contributed by atoms with Crippen molar-refractivity contribution < 1.29 is 14.3 Å². The normalized spacial score (nSPS) is 18.6. The molecule has 98 valence electrons. The Labute approximate surface area is 110 Å². The molecule has 2 rings (SSSR count). The van der Waals surface area contributed by atoms with Gasteiger partial charge in [-0.05, 0) is 31.3 Å². The second-order valence-corrected chi connectivity index (χ2v) is 4.98. The van der Waals surface area contributed by atoms with Crippen molar-refractivity contribution >= 4 is 28.2 Å². The van der Waals surface area contributed by atoms with Gasteiger partial charge in [-0.3, -0.25) is 4.79 Å². The van der Waals surface area contributed by atoms with Gasteiger partial charge in [0.25, 0.3) is 0 Å². The molecule has 1 aliphatic heterocycles. The summed E-state index contributed by atoms with van der Waals surface area (Å²) in [5.74, 6) is -0.436. The van der Waals surface area contributed by atoms with Crippen LogP contribution in [-0.4, -0.2) is 31.6 Å². The first kappa shape index (κ1) is 13.0. The third-order valence-corrected chi connectivity index (χ3v) is 3.66. The van der Waals surface area contributed by atoms with E-state index in [-0.39, 0.29) is 11.8 Å². The average molecular weight is 268 g/mol. The fourth-order valence-electron chi connectivity index (χ4n) is 1.87. The molecule has 2 heterocycles. The lowest BCUT2D eigenvalue weighted by atomic mass is 10.1. The van der Waals surface area contributed by atoms with Gasteiger partial charge in [0.05, 0.1) is 18.1 Å². The SMILES string of the molecule is CCOC(=O)c1ccsc1NC(=O)C1CCNC1. The van der Waals surface area contributed by atoms with E-state index < -0.39 is 5.97 Å². The highest BCUT2D eigenvalue weighted by atomic mass is 32.1. The minimum absolute atomic E-state index is 0.0119. The molecular formula is C12H16N2O3S. The lowest BCUT2D eigenvalue weighted by Crippen LogP contribution is -2.25. The summed E-state index contributed by atoms with van der Waals surface area (Å²) in [6, 6.07) is 1.67. The Kier molecular flexibility index (Phi) is 4.33. The van der Waals surface area contributed by atoms with Gasteiger partial charge < -0.3 is 15.4 Å². The van der Waals surface area contributed by atoms with Crippen molar-refractivity contribution in [3.05, 3.63) is 17.0 Å². The number of carbonyl (C=O) groups excluding carboxylic acids is 2. The fourth-order valence-corrected chi connectivity index (χ4v) is 2.65. The molecule has 18 heavy (non-hydrogen) atoms. The van der Waals surface area contributed by atoms with Crippen molar-refractivity contribution in [2.75, 3.05) is 25.0 Å². The van der Waals surface area contributed by atoms with Gasteiger partial charge in [0.15, 0.2) is 0 Å². The number of nitrogens with one attached hydrogen (secondary N) is 2. The standard InChI is InChI=1S/C12H16N2O3S/c1-2-17-12(16)9-4-6-18-11(9)14-10(15)8-3-5-13-7-8/h4,6,8,13H,2-3,5,7H2,1H3,(H,14,15). The predicted molar refractivity (Wildman–Crippen MR) is 69.9 cm³/mol. The van der Waals surface area contributed by atoms with E-state index in [4.69, 9.17) is 4.74 Å². The smallest absolute Gasteiger partial charge is 0.341 e. The zero-order valence-corrected chi connectivity index (χ0v) is 11.0. The van der Waals surface area contributed by atoms with Crippen LogP contribution >= 0.6 is 11.3 Å². The first-order chi connectivity index (χ1) is 8.72. The van der Waals surface area contributed by atoms with Crippen LogP contribution in [0, 0.1) is 5.92 Å². The molecule has 1 saturated heterocycles. The lowest BCUT2D eigenvalue weighted by molar-refractivity contribution is -0.119. The molecule has 0 radical (unpaired) electrons. The van der Waals surface area contributed by atoms with Crippen LogP contribution < -0.4 is 10.6 Å². The number of hydrogen-bond acceptors (Lipinski definition) is 5. The van der Waals surface area contributed by atoms with Crippen LogP contribution in [-0.2, 0) is 9.53 Å². The van der Waals surface area contributed by atoms with E-state index in [2.05, 4.69) is 10.6 Å². The van der Waals surface area contributed by atoms with Crippen molar-refractivity contribution in [2.24, 2.45) is 5.92 Å². The molecule has 5 nitrogen and oxygen atoms in total. The summed E-state index contributed by atoms with van der Waals surface area (Å²) in [7, 11) is 0. The van der Waals surface area contributed by atoms with Crippen molar-refractivity contribution in [2.45, 2.75) is 13.3 Å². The van der Waals surface area contributed by atoms with E-state index in [9.17, 15) is 9.59 Å². The third kappa shape index (κ3) is 2.88. The van der Waals surface area contributed by atoms with Gasteiger partial charge in [-0.2, -0.15) is 0 Å². The summed E-state index contributed by atoms with van der Waals surface area (Å²) in [6.07, 6.45) is 0.839. The van der Waals surface area contributed by atoms with Crippen LogP contribution in [0.1, 0.15) is 23.7 Å². The number of esters is 1. The van der Waals surface area contributed by atoms with Gasteiger partial charge in [-0.15, -0.1) is 11.3 Å². The molecule has 0 saturated carbocycles. The maximum atomic E-state index is 11.9. The van der Waals surface area contributed by atoms with Crippen LogP contribution in [0.2, 0.25) is 0 Å². The van der Waals surface area contributed by atoms with Gasteiger partial charge in [-0.1, -0.05) is 0 Å². The number of thiophene rings is 1. The molecule has 1 aliphatic rings. The molecule has 2 N–H and O–H groups in total. The first-order valence-electron chi connectivity index (χ1n) is 5.98. The number of ether oxygens (including phenoxy) is 1. The second kappa shape index (κ2) is 5.97. The van der Waals surface area contributed by atoms with Crippen LogP contribution in [0.4, 0.5) is 5.00 Å². The molecule has 1 fully saturated rings. The zero-order valence-electron chi connectivity index (χ0n) is 10.2. The van der Waals surface area contributed by atoms with Gasteiger partial charge >= 0.3 is 5.97 Å². The fraction of sp³-hybridized carbons (Fsp3) is 0.500. The molecular weight excluding hydrogens is 252 g/mol. The van der Waals surface area contributed by atoms with Gasteiger partial charge in [0.1, 0.15) is 5.00 Å². The minimum atomic E-state index is -0.390. The molecule has 0 aromatic carbocycles. The Morgan fingerprint density at radius 2 is 2.44 bits per heavy atom. The third-order valence-electron chi connectivity index (χ3n) is 2.83. The molecule has 0 spiro atoms. The van der Waals surface area contributed by atoms with Crippen molar-refractivity contribution in [3.63, 3.8) is 0 Å². The summed E-state index contributed by atoms with van der Waals surface area (Å²) in [5, 5.41) is 8.30. The van der Waals surface area contributed by atoms with E-state index in [1.54, 1.807) is 18.4 Å². The van der Waals surface area contributed by atoms with Crippen molar-refractivity contribution in [3.8, 4) is 0 Å². The molecule has 1 amide bonds. The maximum Gasteiger partial charge on any atom is 0.341 e. The minimum Gasteiger partial charge on any atom is -0.462 e. The maximum absolute atomic E-state index is 11.9. The number of anilines is 1. The van der Waals surface area contributed by atoms with E-state index >= 15 is 0 Å². The first-order valence-corrected chi connectivity index (χ1v) is 6.86. The Bertz CT molecular complexity index is 438. The highest BCUT2D eigenvalue weighted by Crippen LogP contribution is 2.25. The monoisotopic (exact) mass is 268 g/mol. The largest absolute Gasteiger partial charge is 0.462 e. The molecule has 0 bridgehead atoms. The second-order valence-electron chi connectivity index (χ2n) is 4.06. The summed E-state index contributed by atoms with van der Waals surface area (Å²) in [6.45, 7) is 3.65. The van der Waals surface area contributed by atoms with Gasteiger partial charge in [0, 0.05) is 6.54 Å². The molecule has 1 atom stereocenters. The van der Waals surface area contributed by atoms with Crippen LogP contribution in [0.3, 0.4) is 0 Å². The van der Waals surface area contributed by atoms with Crippen LogP contribution in [0.25, 0.3) is 0 Å². The highest BCUT2D eigenvalue weighted by Gasteiger charge is 2.24. The number of hydrogen-bond donors (Lipinski definition) is 2. The Morgan fingerprint density at radius 3 is 3.11 bits per heavy atom. The topological polar surface area (TPSA) is 67.4 Å². The van der Waals surface area contributed by atoms with Crippen LogP contribution in [0.5, 0.6) is 0 Å². The Morgan fingerprint density at radius 1 is 1.61 bits per heavy atom. The summed E-state index contributed by atoms with van der Waals surface area (Å²) in [5.41, 5.74) is 0.432. The van der Waals surface area contributed by atoms with Crippen molar-refractivity contribution in [1.29, 1.82) is 0 Å². The summed E-state index contributed by atoms with van der Waals surface area (Å²) >= 11 is 1.34. The van der Waals surface area contributed by atoms with E-state index in [0.29, 0.717) is 23.7 Å². The lowest BCUT2D eigenvalue weighted by Gasteiger charge is -2.09. The number of rotatable bonds is 4. The quantitative estimate of drug-likeness (QED) is 0.812. The summed E-state index contributed by atoms with van der Waals surface area (Å²) in [4.78, 5) is 23.6. The molecule has 1 aromatic rings.